The summed E-state index contributed by atoms with van der Waals surface area (Å²) in [6.07, 6.45) is -19.2. The van der Waals surface area contributed by atoms with Gasteiger partial charge in [-0.2, -0.15) is 0 Å². The molecular weight excluding hydrogens is 452 g/mol. The van der Waals surface area contributed by atoms with Crippen molar-refractivity contribution in [3.8, 4) is 0 Å². The van der Waals surface area contributed by atoms with Crippen molar-refractivity contribution in [3.05, 3.63) is 0 Å². The second-order valence-corrected chi connectivity index (χ2v) is 7.88. The van der Waals surface area contributed by atoms with Crippen molar-refractivity contribution in [3.63, 3.8) is 0 Å². The molecule has 0 saturated carbocycles. The van der Waals surface area contributed by atoms with E-state index in [0.717, 1.165) is 0 Å². The molecular formula is C18H34N2O13. The summed E-state index contributed by atoms with van der Waals surface area (Å²) in [5.41, 5.74) is 2.88. The lowest BCUT2D eigenvalue weighted by atomic mass is 9.73. The van der Waals surface area contributed by atoms with Crippen LogP contribution < -0.4 is 11.1 Å². The van der Waals surface area contributed by atoms with Crippen LogP contribution in [0.3, 0.4) is 0 Å². The van der Waals surface area contributed by atoms with E-state index in [1.807, 2.05) is 0 Å². The Morgan fingerprint density at radius 1 is 1.06 bits per heavy atom. The Morgan fingerprint density at radius 2 is 1.70 bits per heavy atom. The molecule has 2 aliphatic heterocycles. The summed E-state index contributed by atoms with van der Waals surface area (Å²) in [4.78, 5) is 11.8. The van der Waals surface area contributed by atoms with E-state index < -0.39 is 92.6 Å². The van der Waals surface area contributed by atoms with E-state index >= 15 is 0 Å². The third-order valence-corrected chi connectivity index (χ3v) is 5.87. The Labute approximate surface area is 189 Å². The van der Waals surface area contributed by atoms with Crippen molar-refractivity contribution < 1.29 is 64.6 Å². The minimum atomic E-state index is -2.49. The number of hydrogen-bond donors (Lipinski definition) is 10. The zero-order valence-corrected chi connectivity index (χ0v) is 18.0. The maximum atomic E-state index is 11.8. The standard InChI is InChI=1S/C18H34N2O13/c1-20-17(29)32-14-11(25)7(4-21)31-16(13(14)27)18(9(23)6-30-3-2-19)15(28)12(26)10(24)8(5-22)33-18/h7-16,21-28H,2-6,19H2,1H3,(H,20,29)/t7-,8+,9?,10-,11-,12+,13+,14+,15+,16+,18?/m1/s1. The molecule has 2 fully saturated rings. The molecule has 0 bridgehead atoms. The number of aliphatic hydroxyl groups excluding tert-OH is 8. The van der Waals surface area contributed by atoms with E-state index in [2.05, 4.69) is 5.32 Å². The third kappa shape index (κ3) is 5.39. The van der Waals surface area contributed by atoms with Crippen LogP contribution in [0.4, 0.5) is 4.79 Å². The molecule has 33 heavy (non-hydrogen) atoms. The fraction of sp³-hybridized carbons (Fsp3) is 0.944. The molecule has 2 unspecified atom stereocenters. The molecule has 0 aliphatic carbocycles. The Morgan fingerprint density at radius 3 is 2.24 bits per heavy atom. The summed E-state index contributed by atoms with van der Waals surface area (Å²) in [7, 11) is 1.22. The van der Waals surface area contributed by atoms with Crippen LogP contribution in [-0.4, -0.2) is 154 Å². The lowest BCUT2D eigenvalue weighted by molar-refractivity contribution is -0.363. The highest BCUT2D eigenvalue weighted by Crippen LogP contribution is 2.42. The average Bonchev–Trinajstić information content (AvgIpc) is 2.81. The number of rotatable bonds is 9. The molecule has 0 aromatic carbocycles. The van der Waals surface area contributed by atoms with Crippen LogP contribution >= 0.6 is 0 Å². The van der Waals surface area contributed by atoms with E-state index in [4.69, 9.17) is 24.7 Å². The number of nitrogens with two attached hydrogens (primary N) is 1. The van der Waals surface area contributed by atoms with Crippen molar-refractivity contribution in [2.75, 3.05) is 40.0 Å². The second-order valence-electron chi connectivity index (χ2n) is 7.88. The molecule has 0 spiro atoms. The summed E-state index contributed by atoms with van der Waals surface area (Å²) in [6, 6.07) is 0. The monoisotopic (exact) mass is 486 g/mol. The Hall–Kier alpha value is -1.21. The van der Waals surface area contributed by atoms with Gasteiger partial charge in [0.25, 0.3) is 0 Å². The van der Waals surface area contributed by atoms with Crippen molar-refractivity contribution in [1.29, 1.82) is 0 Å². The number of alkyl carbamates (subject to hydrolysis) is 1. The van der Waals surface area contributed by atoms with Gasteiger partial charge in [0.05, 0.1) is 26.4 Å². The lowest BCUT2D eigenvalue weighted by Gasteiger charge is -2.57. The van der Waals surface area contributed by atoms with E-state index in [-0.39, 0.29) is 13.2 Å². The van der Waals surface area contributed by atoms with Crippen LogP contribution in [0.25, 0.3) is 0 Å². The number of carbonyl (C=O) groups is 1. The Balaban J connectivity index is 2.55. The fourth-order valence-corrected chi connectivity index (χ4v) is 4.11. The molecule has 2 rings (SSSR count). The maximum Gasteiger partial charge on any atom is 0.407 e. The number of hydrogen-bond acceptors (Lipinski definition) is 14. The number of aliphatic hydroxyl groups is 8. The molecule has 0 radical (unpaired) electrons. The van der Waals surface area contributed by atoms with Gasteiger partial charge in [0.15, 0.2) is 11.7 Å². The number of ether oxygens (including phenoxy) is 4. The van der Waals surface area contributed by atoms with E-state index in [0.29, 0.717) is 0 Å². The van der Waals surface area contributed by atoms with Gasteiger partial charge in [0.2, 0.25) is 0 Å². The quantitative estimate of drug-likeness (QED) is 0.136. The summed E-state index contributed by atoms with van der Waals surface area (Å²) in [5.74, 6) is 0. The molecule has 0 aromatic rings. The zero-order chi connectivity index (χ0) is 24.9. The first-order valence-corrected chi connectivity index (χ1v) is 10.4. The third-order valence-electron chi connectivity index (χ3n) is 5.87. The van der Waals surface area contributed by atoms with Crippen molar-refractivity contribution >= 4 is 6.09 Å². The average molecular weight is 486 g/mol. The molecule has 11 N–H and O–H groups in total. The number of carbonyl (C=O) groups excluding carboxylic acids is 1. The molecule has 15 nitrogen and oxygen atoms in total. The summed E-state index contributed by atoms with van der Waals surface area (Å²) in [6.45, 7) is -2.21. The summed E-state index contributed by atoms with van der Waals surface area (Å²) in [5, 5.41) is 85.4. The molecule has 2 aliphatic rings. The predicted molar refractivity (Wildman–Crippen MR) is 106 cm³/mol. The predicted octanol–water partition coefficient (Wildman–Crippen LogP) is -6.26. The van der Waals surface area contributed by atoms with Gasteiger partial charge < -0.3 is 70.9 Å². The minimum Gasteiger partial charge on any atom is -0.440 e. The van der Waals surface area contributed by atoms with Gasteiger partial charge in [0.1, 0.15) is 54.9 Å². The van der Waals surface area contributed by atoms with Crippen LogP contribution in [0.2, 0.25) is 0 Å². The van der Waals surface area contributed by atoms with Gasteiger partial charge in [-0.3, -0.25) is 0 Å². The number of nitrogens with one attached hydrogen (secondary N) is 1. The van der Waals surface area contributed by atoms with Gasteiger partial charge in [0, 0.05) is 13.6 Å². The normalized spacial score (nSPS) is 42.5. The molecule has 194 valence electrons. The molecule has 2 heterocycles. The SMILES string of the molecule is CNC(=O)O[C@H]1[C@H](O)[C@@H](CO)O[C@H](C2(C(O)COCCN)O[C@@H](CO)[C@@H](O)[C@H](O)[C@@H]2O)[C@H]1O. The van der Waals surface area contributed by atoms with Gasteiger partial charge in [-0.15, -0.1) is 0 Å². The van der Waals surface area contributed by atoms with Gasteiger partial charge >= 0.3 is 6.09 Å². The Bertz CT molecular complexity index is 628. The smallest absolute Gasteiger partial charge is 0.407 e. The van der Waals surface area contributed by atoms with Crippen LogP contribution in [0, 0.1) is 0 Å². The molecule has 1 amide bonds. The lowest BCUT2D eigenvalue weighted by Crippen LogP contribution is -2.79. The maximum absolute atomic E-state index is 11.8. The minimum absolute atomic E-state index is 0.0215. The Kier molecular flexibility index (Phi) is 10.2. The highest BCUT2D eigenvalue weighted by molar-refractivity contribution is 5.67. The van der Waals surface area contributed by atoms with Gasteiger partial charge in [-0.05, 0) is 0 Å². The van der Waals surface area contributed by atoms with Crippen LogP contribution in [0.5, 0.6) is 0 Å². The van der Waals surface area contributed by atoms with Crippen LogP contribution in [-0.2, 0) is 18.9 Å². The van der Waals surface area contributed by atoms with E-state index in [1.54, 1.807) is 0 Å². The first kappa shape index (κ1) is 28.0. The van der Waals surface area contributed by atoms with Crippen molar-refractivity contribution in [1.82, 2.24) is 5.32 Å². The topological polar surface area (TPSA) is 254 Å². The van der Waals surface area contributed by atoms with Gasteiger partial charge in [-0.1, -0.05) is 0 Å². The molecule has 11 atom stereocenters. The fourth-order valence-electron chi connectivity index (χ4n) is 4.11. The van der Waals surface area contributed by atoms with E-state index in [1.165, 1.54) is 7.05 Å². The zero-order valence-electron chi connectivity index (χ0n) is 18.0. The van der Waals surface area contributed by atoms with Gasteiger partial charge in [-0.25, -0.2) is 4.79 Å². The first-order valence-electron chi connectivity index (χ1n) is 10.4. The molecule has 0 aromatic heterocycles. The largest absolute Gasteiger partial charge is 0.440 e. The first-order chi connectivity index (χ1) is 15.6. The second kappa shape index (κ2) is 12.0. The van der Waals surface area contributed by atoms with Crippen molar-refractivity contribution in [2.45, 2.75) is 66.6 Å². The number of amides is 1. The molecule has 2 saturated heterocycles. The highest BCUT2D eigenvalue weighted by atomic mass is 16.6. The van der Waals surface area contributed by atoms with Crippen LogP contribution in [0.15, 0.2) is 0 Å². The summed E-state index contributed by atoms with van der Waals surface area (Å²) >= 11 is 0. The molecule has 15 heteroatoms. The highest BCUT2D eigenvalue weighted by Gasteiger charge is 2.66. The van der Waals surface area contributed by atoms with Crippen molar-refractivity contribution in [2.24, 2.45) is 5.73 Å². The van der Waals surface area contributed by atoms with E-state index in [9.17, 15) is 45.6 Å². The van der Waals surface area contributed by atoms with Crippen LogP contribution in [0.1, 0.15) is 0 Å². The summed E-state index contributed by atoms with van der Waals surface area (Å²) < 4.78 is 21.4.